The molecule has 1 aromatic heterocycles. The number of nitrogens with one attached hydrogen (secondary N) is 1. The van der Waals surface area contributed by atoms with Crippen LogP contribution in [0.15, 0.2) is 40.6 Å². The minimum Gasteiger partial charge on any atom is -0.379 e. The van der Waals surface area contributed by atoms with Gasteiger partial charge in [-0.3, -0.25) is 0 Å². The van der Waals surface area contributed by atoms with Gasteiger partial charge in [0.05, 0.1) is 24.7 Å². The van der Waals surface area contributed by atoms with Gasteiger partial charge in [0.1, 0.15) is 0 Å². The Morgan fingerprint density at radius 1 is 1.25 bits per heavy atom. The molecular formula is C19H25N3O4S2. The number of rotatable bonds is 6. The highest BCUT2D eigenvalue weighted by Crippen LogP contribution is 2.21. The van der Waals surface area contributed by atoms with Gasteiger partial charge in [-0.2, -0.15) is 4.31 Å². The molecule has 2 aromatic rings. The number of benzene rings is 1. The molecule has 9 heteroatoms. The summed E-state index contributed by atoms with van der Waals surface area (Å²) in [6.45, 7) is 4.15. The van der Waals surface area contributed by atoms with E-state index in [0.29, 0.717) is 38.4 Å². The number of carbonyl (C=O) groups is 1. The third-order valence-corrected chi connectivity index (χ3v) is 7.69. The topological polar surface area (TPSA) is 79.0 Å². The van der Waals surface area contributed by atoms with Crippen molar-refractivity contribution in [1.29, 1.82) is 0 Å². The average Bonchev–Trinajstić information content (AvgIpc) is 3.11. The van der Waals surface area contributed by atoms with Crippen LogP contribution in [0.2, 0.25) is 0 Å². The SMILES string of the molecule is Cc1ccsc1CN(C)C(=O)NCc1ccccc1S(=O)(=O)N1CCOCC1. The van der Waals surface area contributed by atoms with Gasteiger partial charge in [-0.15, -0.1) is 11.3 Å². The Kier molecular flexibility index (Phi) is 6.71. The molecule has 7 nitrogen and oxygen atoms in total. The quantitative estimate of drug-likeness (QED) is 0.774. The van der Waals surface area contributed by atoms with Crippen molar-refractivity contribution in [3.05, 3.63) is 51.7 Å². The summed E-state index contributed by atoms with van der Waals surface area (Å²) in [6, 6.07) is 8.58. The number of carbonyl (C=O) groups excluding carboxylic acids is 1. The highest BCUT2D eigenvalue weighted by atomic mass is 32.2. The molecule has 1 aliphatic rings. The zero-order valence-corrected chi connectivity index (χ0v) is 17.7. The molecule has 0 unspecified atom stereocenters. The largest absolute Gasteiger partial charge is 0.379 e. The van der Waals surface area contributed by atoms with Crippen molar-refractivity contribution in [3.8, 4) is 0 Å². The van der Waals surface area contributed by atoms with Gasteiger partial charge >= 0.3 is 6.03 Å². The Morgan fingerprint density at radius 3 is 2.64 bits per heavy atom. The van der Waals surface area contributed by atoms with Gasteiger partial charge in [0, 0.05) is 31.6 Å². The lowest BCUT2D eigenvalue weighted by molar-refractivity contribution is 0.0730. The van der Waals surface area contributed by atoms with Crippen LogP contribution >= 0.6 is 11.3 Å². The zero-order valence-electron chi connectivity index (χ0n) is 16.1. The number of amides is 2. The molecule has 28 heavy (non-hydrogen) atoms. The summed E-state index contributed by atoms with van der Waals surface area (Å²) in [4.78, 5) is 15.4. The number of hydrogen-bond donors (Lipinski definition) is 1. The van der Waals surface area contributed by atoms with Gasteiger partial charge < -0.3 is 15.0 Å². The molecule has 2 amide bonds. The highest BCUT2D eigenvalue weighted by Gasteiger charge is 2.28. The number of aryl methyl sites for hydroxylation is 1. The highest BCUT2D eigenvalue weighted by molar-refractivity contribution is 7.89. The van der Waals surface area contributed by atoms with E-state index in [4.69, 9.17) is 4.74 Å². The van der Waals surface area contributed by atoms with Crippen LogP contribution in [0.1, 0.15) is 16.0 Å². The van der Waals surface area contributed by atoms with Crippen molar-refractivity contribution in [2.24, 2.45) is 0 Å². The van der Waals surface area contributed by atoms with Crippen molar-refractivity contribution in [1.82, 2.24) is 14.5 Å². The van der Waals surface area contributed by atoms with Gasteiger partial charge in [-0.25, -0.2) is 13.2 Å². The number of sulfonamides is 1. The first-order valence-corrected chi connectivity index (χ1v) is 11.4. The van der Waals surface area contributed by atoms with E-state index in [1.54, 1.807) is 47.5 Å². The zero-order chi connectivity index (χ0) is 20.1. The summed E-state index contributed by atoms with van der Waals surface area (Å²) in [6.07, 6.45) is 0. The van der Waals surface area contributed by atoms with Crippen molar-refractivity contribution in [2.75, 3.05) is 33.4 Å². The predicted octanol–water partition coefficient (Wildman–Crippen LogP) is 2.42. The molecule has 0 atom stereocenters. The second-order valence-corrected chi connectivity index (χ2v) is 9.57. The van der Waals surface area contributed by atoms with E-state index >= 15 is 0 Å². The summed E-state index contributed by atoms with van der Waals surface area (Å²) in [5, 5.41) is 4.83. The molecule has 1 aliphatic heterocycles. The van der Waals surface area contributed by atoms with Gasteiger partial charge in [0.25, 0.3) is 0 Å². The first-order chi connectivity index (χ1) is 13.4. The van der Waals surface area contributed by atoms with Crippen LogP contribution in [0.3, 0.4) is 0 Å². The van der Waals surface area contributed by atoms with Gasteiger partial charge in [0.15, 0.2) is 0 Å². The summed E-state index contributed by atoms with van der Waals surface area (Å²) >= 11 is 1.61. The van der Waals surface area contributed by atoms with Crippen LogP contribution in [0, 0.1) is 6.92 Å². The lowest BCUT2D eigenvalue weighted by Gasteiger charge is -2.27. The normalized spacial score (nSPS) is 15.4. The number of morpholine rings is 1. The van der Waals surface area contributed by atoms with E-state index in [0.717, 1.165) is 10.4 Å². The van der Waals surface area contributed by atoms with Crippen LogP contribution < -0.4 is 5.32 Å². The molecule has 0 aliphatic carbocycles. The standard InChI is InChI=1S/C19H25N3O4S2/c1-15-7-12-27-17(15)14-21(2)19(23)20-13-16-5-3-4-6-18(16)28(24,25)22-8-10-26-11-9-22/h3-7,12H,8-11,13-14H2,1-2H3,(H,20,23). The second-order valence-electron chi connectivity index (χ2n) is 6.67. The van der Waals surface area contributed by atoms with E-state index in [1.807, 2.05) is 18.4 Å². The van der Waals surface area contributed by atoms with Crippen molar-refractivity contribution >= 4 is 27.4 Å². The van der Waals surface area contributed by atoms with Crippen LogP contribution in [-0.2, 0) is 27.8 Å². The van der Waals surface area contributed by atoms with Crippen molar-refractivity contribution < 1.29 is 17.9 Å². The van der Waals surface area contributed by atoms with Crippen LogP contribution in [0.4, 0.5) is 4.79 Å². The Bertz CT molecular complexity index is 921. The molecule has 2 heterocycles. The maximum atomic E-state index is 13.0. The fourth-order valence-electron chi connectivity index (χ4n) is 2.99. The Labute approximate surface area is 170 Å². The molecule has 152 valence electrons. The van der Waals surface area contributed by atoms with Crippen LogP contribution in [0.25, 0.3) is 0 Å². The fraction of sp³-hybridized carbons (Fsp3) is 0.421. The molecule has 0 spiro atoms. The predicted molar refractivity (Wildman–Crippen MR) is 109 cm³/mol. The molecule has 3 rings (SSSR count). The summed E-state index contributed by atoms with van der Waals surface area (Å²) < 4.78 is 32.7. The van der Waals surface area contributed by atoms with E-state index in [9.17, 15) is 13.2 Å². The lowest BCUT2D eigenvalue weighted by atomic mass is 10.2. The van der Waals surface area contributed by atoms with Crippen LogP contribution in [0.5, 0.6) is 0 Å². The molecule has 1 fully saturated rings. The molecule has 0 saturated carbocycles. The van der Waals surface area contributed by atoms with E-state index in [1.165, 1.54) is 4.31 Å². The van der Waals surface area contributed by atoms with Crippen molar-refractivity contribution in [2.45, 2.75) is 24.9 Å². The molecule has 0 radical (unpaired) electrons. The molecule has 1 N–H and O–H groups in total. The number of hydrogen-bond acceptors (Lipinski definition) is 5. The van der Waals surface area contributed by atoms with Crippen molar-refractivity contribution in [3.63, 3.8) is 0 Å². The Morgan fingerprint density at radius 2 is 1.96 bits per heavy atom. The minimum atomic E-state index is -3.62. The molecule has 0 bridgehead atoms. The molecule has 1 aromatic carbocycles. The van der Waals surface area contributed by atoms with E-state index < -0.39 is 10.0 Å². The molecule has 1 saturated heterocycles. The second kappa shape index (κ2) is 9.04. The lowest BCUT2D eigenvalue weighted by Crippen LogP contribution is -2.41. The van der Waals surface area contributed by atoms with Gasteiger partial charge in [-0.1, -0.05) is 18.2 Å². The Balaban J connectivity index is 1.68. The monoisotopic (exact) mass is 423 g/mol. The summed E-state index contributed by atoms with van der Waals surface area (Å²) in [5.41, 5.74) is 1.73. The van der Waals surface area contributed by atoms with Gasteiger partial charge in [-0.05, 0) is 35.6 Å². The smallest absolute Gasteiger partial charge is 0.317 e. The fourth-order valence-corrected chi connectivity index (χ4v) is 5.58. The van der Waals surface area contributed by atoms with Crippen LogP contribution in [-0.4, -0.2) is 57.0 Å². The number of urea groups is 1. The number of ether oxygens (including phenoxy) is 1. The van der Waals surface area contributed by atoms with Gasteiger partial charge in [0.2, 0.25) is 10.0 Å². The number of nitrogens with zero attached hydrogens (tertiary/aromatic N) is 2. The first-order valence-electron chi connectivity index (χ1n) is 9.07. The molecular weight excluding hydrogens is 398 g/mol. The average molecular weight is 424 g/mol. The first kappa shape index (κ1) is 20.8. The maximum Gasteiger partial charge on any atom is 0.317 e. The third-order valence-electron chi connectivity index (χ3n) is 4.69. The summed E-state index contributed by atoms with van der Waals surface area (Å²) in [7, 11) is -1.89. The van der Waals surface area contributed by atoms with E-state index in [2.05, 4.69) is 5.32 Å². The van der Waals surface area contributed by atoms with E-state index in [-0.39, 0.29) is 17.5 Å². The summed E-state index contributed by atoms with van der Waals surface area (Å²) in [5.74, 6) is 0. The Hall–Kier alpha value is -1.94. The number of thiophene rings is 1. The maximum absolute atomic E-state index is 13.0. The third kappa shape index (κ3) is 4.72. The minimum absolute atomic E-state index is 0.145.